The number of hydrogen-bond donors (Lipinski definition) is 1. The number of H-pyrrole nitrogens is 1. The van der Waals surface area contributed by atoms with E-state index in [0.29, 0.717) is 5.69 Å². The topological polar surface area (TPSA) is 88.7 Å². The number of rotatable bonds is 4. The number of carbonyl (C=O) groups is 3. The molecule has 1 aromatic heterocycles. The van der Waals surface area contributed by atoms with Crippen LogP contribution in [0.25, 0.3) is 10.9 Å². The summed E-state index contributed by atoms with van der Waals surface area (Å²) in [5.41, 5.74) is 2.17. The highest BCUT2D eigenvalue weighted by Gasteiger charge is 2.47. The molecule has 0 fully saturated rings. The Balaban J connectivity index is 1.91. The molecular formula is C23H21FN2O5. The molecule has 0 saturated carbocycles. The highest BCUT2D eigenvalue weighted by molar-refractivity contribution is 6.01. The molecule has 2 unspecified atom stereocenters. The maximum Gasteiger partial charge on any atom is 0.335 e. The van der Waals surface area contributed by atoms with Crippen LogP contribution in [-0.4, -0.2) is 47.5 Å². The molecular weight excluding hydrogens is 403 g/mol. The van der Waals surface area contributed by atoms with Gasteiger partial charge in [0.15, 0.2) is 6.04 Å². The van der Waals surface area contributed by atoms with Crippen LogP contribution in [0.4, 0.5) is 4.39 Å². The van der Waals surface area contributed by atoms with Gasteiger partial charge < -0.3 is 19.4 Å². The number of amides is 1. The van der Waals surface area contributed by atoms with Crippen molar-refractivity contribution in [2.24, 2.45) is 0 Å². The largest absolute Gasteiger partial charge is 0.467 e. The molecule has 7 nitrogen and oxygen atoms in total. The number of aromatic amines is 1. The zero-order valence-corrected chi connectivity index (χ0v) is 17.1. The molecule has 2 atom stereocenters. The van der Waals surface area contributed by atoms with E-state index in [1.54, 1.807) is 6.92 Å². The first-order valence-corrected chi connectivity index (χ1v) is 9.88. The van der Waals surface area contributed by atoms with Crippen molar-refractivity contribution in [1.29, 1.82) is 0 Å². The number of esters is 2. The second-order valence-electron chi connectivity index (χ2n) is 7.18. The molecule has 1 aliphatic heterocycles. The van der Waals surface area contributed by atoms with E-state index in [-0.39, 0.29) is 18.6 Å². The second-order valence-corrected chi connectivity index (χ2v) is 7.18. The third kappa shape index (κ3) is 3.54. The van der Waals surface area contributed by atoms with Gasteiger partial charge in [-0.3, -0.25) is 4.79 Å². The van der Waals surface area contributed by atoms with Gasteiger partial charge in [0.25, 0.3) is 5.91 Å². The first-order chi connectivity index (χ1) is 15.0. The summed E-state index contributed by atoms with van der Waals surface area (Å²) in [4.78, 5) is 43.6. The van der Waals surface area contributed by atoms with Gasteiger partial charge in [-0.15, -0.1) is 0 Å². The Labute approximate surface area is 177 Å². The molecule has 3 aromatic rings. The Morgan fingerprint density at radius 2 is 1.81 bits per heavy atom. The van der Waals surface area contributed by atoms with E-state index in [1.807, 2.05) is 24.3 Å². The van der Waals surface area contributed by atoms with Gasteiger partial charge in [0.1, 0.15) is 11.9 Å². The van der Waals surface area contributed by atoms with Crippen molar-refractivity contribution in [3.63, 3.8) is 0 Å². The smallest absolute Gasteiger partial charge is 0.335 e. The summed E-state index contributed by atoms with van der Waals surface area (Å²) >= 11 is 0. The molecule has 0 bridgehead atoms. The fraction of sp³-hybridized carbons (Fsp3) is 0.261. The zero-order chi connectivity index (χ0) is 22.1. The number of hydrogen-bond acceptors (Lipinski definition) is 5. The van der Waals surface area contributed by atoms with E-state index in [2.05, 4.69) is 4.98 Å². The lowest BCUT2D eigenvalue weighted by molar-refractivity contribution is -0.155. The molecule has 0 aliphatic carbocycles. The summed E-state index contributed by atoms with van der Waals surface area (Å²) in [5.74, 6) is -2.42. The number of aromatic nitrogens is 1. The number of nitrogens with one attached hydrogen (secondary N) is 1. The van der Waals surface area contributed by atoms with Crippen LogP contribution in [0.15, 0.2) is 48.5 Å². The Morgan fingerprint density at radius 3 is 2.48 bits per heavy atom. The molecule has 2 heterocycles. The molecule has 0 saturated heterocycles. The van der Waals surface area contributed by atoms with Crippen LogP contribution in [0.5, 0.6) is 0 Å². The second kappa shape index (κ2) is 8.22. The van der Waals surface area contributed by atoms with Crippen LogP contribution in [-0.2, 0) is 25.5 Å². The third-order valence-corrected chi connectivity index (χ3v) is 5.44. The van der Waals surface area contributed by atoms with Crippen LogP contribution in [0, 0.1) is 5.82 Å². The lowest BCUT2D eigenvalue weighted by Crippen LogP contribution is -2.54. The van der Waals surface area contributed by atoms with Crippen molar-refractivity contribution in [3.8, 4) is 0 Å². The summed E-state index contributed by atoms with van der Waals surface area (Å²) in [5, 5.41) is 0.856. The first-order valence-electron chi connectivity index (χ1n) is 9.88. The predicted molar refractivity (Wildman–Crippen MR) is 110 cm³/mol. The van der Waals surface area contributed by atoms with Gasteiger partial charge in [0, 0.05) is 22.9 Å². The van der Waals surface area contributed by atoms with Crippen LogP contribution in [0.1, 0.15) is 34.6 Å². The minimum atomic E-state index is -1.18. The van der Waals surface area contributed by atoms with Crippen LogP contribution >= 0.6 is 0 Å². The monoisotopic (exact) mass is 424 g/mol. The highest BCUT2D eigenvalue weighted by Crippen LogP contribution is 2.39. The predicted octanol–water partition coefficient (Wildman–Crippen LogP) is 3.15. The van der Waals surface area contributed by atoms with Crippen molar-refractivity contribution >= 4 is 28.7 Å². The standard InChI is InChI=1S/C23H21FN2O5/c1-3-31-23(29)20-19-16(15-6-4-5-7-17(15)25-19)12-18(22(28)30-2)26(20)21(27)13-8-10-14(24)11-9-13/h4-11,18,20,25H,3,12H2,1-2H3. The van der Waals surface area contributed by atoms with Crippen LogP contribution in [0.3, 0.4) is 0 Å². The van der Waals surface area contributed by atoms with Gasteiger partial charge >= 0.3 is 11.9 Å². The maximum atomic E-state index is 13.5. The fourth-order valence-electron chi connectivity index (χ4n) is 4.07. The molecule has 0 radical (unpaired) electrons. The number of methoxy groups -OCH3 is 1. The van der Waals surface area contributed by atoms with Gasteiger partial charge in [-0.1, -0.05) is 18.2 Å². The minimum absolute atomic E-state index is 0.104. The average molecular weight is 424 g/mol. The number of nitrogens with zero attached hydrogens (tertiary/aromatic N) is 1. The molecule has 8 heteroatoms. The SMILES string of the molecule is CCOC(=O)C1c2[nH]c3ccccc3c2CC(C(=O)OC)N1C(=O)c1ccc(F)cc1. The summed E-state index contributed by atoms with van der Waals surface area (Å²) < 4.78 is 23.6. The van der Waals surface area contributed by atoms with E-state index < -0.39 is 35.7 Å². The molecule has 31 heavy (non-hydrogen) atoms. The first kappa shape index (κ1) is 20.6. The number of ether oxygens (including phenoxy) is 2. The molecule has 0 spiro atoms. The van der Waals surface area contributed by atoms with E-state index in [9.17, 15) is 18.8 Å². The molecule has 160 valence electrons. The maximum absolute atomic E-state index is 13.5. The normalized spacial score (nSPS) is 17.8. The fourth-order valence-corrected chi connectivity index (χ4v) is 4.07. The van der Waals surface area contributed by atoms with Crippen LogP contribution in [0.2, 0.25) is 0 Å². The van der Waals surface area contributed by atoms with E-state index in [4.69, 9.17) is 9.47 Å². The number of carbonyl (C=O) groups excluding carboxylic acids is 3. The minimum Gasteiger partial charge on any atom is -0.467 e. The number of halogens is 1. The van der Waals surface area contributed by atoms with Gasteiger partial charge in [-0.25, -0.2) is 14.0 Å². The van der Waals surface area contributed by atoms with E-state index in [1.165, 1.54) is 24.1 Å². The summed E-state index contributed by atoms with van der Waals surface area (Å²) in [6.45, 7) is 1.77. The third-order valence-electron chi connectivity index (χ3n) is 5.44. The number of benzene rings is 2. The van der Waals surface area contributed by atoms with Gasteiger partial charge in [0.05, 0.1) is 19.4 Å². The molecule has 1 N–H and O–H groups in total. The zero-order valence-electron chi connectivity index (χ0n) is 17.1. The van der Waals surface area contributed by atoms with Crippen molar-refractivity contribution in [3.05, 3.63) is 71.2 Å². The Bertz CT molecular complexity index is 1150. The lowest BCUT2D eigenvalue weighted by atomic mass is 9.90. The Kier molecular flexibility index (Phi) is 5.46. The average Bonchev–Trinajstić information content (AvgIpc) is 3.15. The summed E-state index contributed by atoms with van der Waals surface area (Å²) in [6, 6.07) is 10.1. The molecule has 1 amide bonds. The lowest BCUT2D eigenvalue weighted by Gasteiger charge is -2.39. The van der Waals surface area contributed by atoms with Crippen molar-refractivity contribution in [2.45, 2.75) is 25.4 Å². The van der Waals surface area contributed by atoms with Gasteiger partial charge in [-0.05, 0) is 42.8 Å². The van der Waals surface area contributed by atoms with E-state index in [0.717, 1.165) is 28.6 Å². The summed E-state index contributed by atoms with van der Waals surface area (Å²) in [7, 11) is 1.23. The van der Waals surface area contributed by atoms with Crippen molar-refractivity contribution in [2.75, 3.05) is 13.7 Å². The number of fused-ring (bicyclic) bond motifs is 3. The van der Waals surface area contributed by atoms with E-state index >= 15 is 0 Å². The quantitative estimate of drug-likeness (QED) is 0.650. The van der Waals surface area contributed by atoms with Crippen molar-refractivity contribution in [1.82, 2.24) is 9.88 Å². The van der Waals surface area contributed by atoms with Gasteiger partial charge in [-0.2, -0.15) is 0 Å². The van der Waals surface area contributed by atoms with Gasteiger partial charge in [0.2, 0.25) is 0 Å². The molecule has 2 aromatic carbocycles. The molecule has 4 rings (SSSR count). The van der Waals surface area contributed by atoms with Crippen molar-refractivity contribution < 1.29 is 28.2 Å². The van der Waals surface area contributed by atoms with Crippen LogP contribution < -0.4 is 0 Å². The molecule has 1 aliphatic rings. The Morgan fingerprint density at radius 1 is 1.10 bits per heavy atom. The number of para-hydroxylation sites is 1. The summed E-state index contributed by atoms with van der Waals surface area (Å²) in [6.07, 6.45) is 0.162. The highest BCUT2D eigenvalue weighted by atomic mass is 19.1. The Hall–Kier alpha value is -3.68.